The van der Waals surface area contributed by atoms with Gasteiger partial charge in [0.1, 0.15) is 5.75 Å². The van der Waals surface area contributed by atoms with Crippen molar-refractivity contribution in [3.63, 3.8) is 0 Å². The third-order valence-electron chi connectivity index (χ3n) is 7.32. The largest absolute Gasteiger partial charge is 0.543 e. The first kappa shape index (κ1) is 28.1. The second kappa shape index (κ2) is 11.6. The van der Waals surface area contributed by atoms with Gasteiger partial charge in [-0.25, -0.2) is 0 Å². The summed E-state index contributed by atoms with van der Waals surface area (Å²) in [6.07, 6.45) is 7.81. The molecule has 1 aliphatic heterocycles. The van der Waals surface area contributed by atoms with Crippen molar-refractivity contribution in [1.82, 2.24) is 0 Å². The molecule has 4 heteroatoms. The molecule has 0 saturated carbocycles. The molecule has 0 aliphatic carbocycles. The Hall–Kier alpha value is -1.10. The highest BCUT2D eigenvalue weighted by Crippen LogP contribution is 2.42. The number of hydrogen-bond acceptors (Lipinski definition) is 3. The summed E-state index contributed by atoms with van der Waals surface area (Å²) in [7, 11) is -1.91. The van der Waals surface area contributed by atoms with E-state index in [1.54, 1.807) is 0 Å². The van der Waals surface area contributed by atoms with Crippen LogP contribution in [-0.4, -0.2) is 26.3 Å². The highest BCUT2D eigenvalue weighted by molar-refractivity contribution is 6.78. The molecule has 188 valence electrons. The summed E-state index contributed by atoms with van der Waals surface area (Å²) in [5, 5.41) is 0. The third kappa shape index (κ3) is 7.70. The number of hydrogen-bond donors (Lipinski definition) is 0. The summed E-state index contributed by atoms with van der Waals surface area (Å²) in [6.45, 7) is 23.2. The number of ether oxygens (including phenoxy) is 2. The van der Waals surface area contributed by atoms with E-state index in [0.717, 1.165) is 37.9 Å². The lowest BCUT2D eigenvalue weighted by Gasteiger charge is -2.42. The standard InChI is InChI=1S/C29H50O3Si/c1-22(2)33(23(3)4,24(5)6)31-27-18-12-17-26(20-27)16-11-14-25(7)15-13-19-29(10)21-30-28(8,9)32-29/h12,14,17-18,20,22-24H,11,13,15-16,19,21H2,1-10H3/b25-14+. The van der Waals surface area contributed by atoms with Gasteiger partial charge in [-0.2, -0.15) is 0 Å². The monoisotopic (exact) mass is 474 g/mol. The van der Waals surface area contributed by atoms with Crippen molar-refractivity contribution >= 4 is 8.32 Å². The average Bonchev–Trinajstić information content (AvgIpc) is 2.98. The van der Waals surface area contributed by atoms with Gasteiger partial charge in [-0.15, -0.1) is 0 Å². The fourth-order valence-electron chi connectivity index (χ4n) is 5.75. The molecule has 0 radical (unpaired) electrons. The van der Waals surface area contributed by atoms with Gasteiger partial charge in [-0.05, 0) is 94.1 Å². The molecule has 1 aliphatic rings. The molecular formula is C29H50O3Si. The van der Waals surface area contributed by atoms with Gasteiger partial charge >= 0.3 is 0 Å². The quantitative estimate of drug-likeness (QED) is 0.224. The Bertz CT molecular complexity index is 759. The Kier molecular flexibility index (Phi) is 9.85. The van der Waals surface area contributed by atoms with E-state index in [1.807, 2.05) is 13.8 Å². The summed E-state index contributed by atoms with van der Waals surface area (Å²) in [5.74, 6) is 0.616. The summed E-state index contributed by atoms with van der Waals surface area (Å²) < 4.78 is 18.7. The number of aryl methyl sites for hydroxylation is 1. The van der Waals surface area contributed by atoms with Gasteiger partial charge in [-0.3, -0.25) is 0 Å². The van der Waals surface area contributed by atoms with Crippen LogP contribution in [0.5, 0.6) is 5.75 Å². The zero-order valence-corrected chi connectivity index (χ0v) is 24.1. The smallest absolute Gasteiger partial charge is 0.258 e. The van der Waals surface area contributed by atoms with E-state index in [-0.39, 0.29) is 5.60 Å². The van der Waals surface area contributed by atoms with Crippen LogP contribution < -0.4 is 4.43 Å². The number of allylic oxidation sites excluding steroid dienone is 2. The molecule has 1 atom stereocenters. The predicted molar refractivity (Wildman–Crippen MR) is 144 cm³/mol. The maximum absolute atomic E-state index is 6.88. The Labute approximate surface area is 205 Å². The molecule has 3 nitrogen and oxygen atoms in total. The van der Waals surface area contributed by atoms with Crippen LogP contribution in [0.3, 0.4) is 0 Å². The average molecular weight is 475 g/mol. The van der Waals surface area contributed by atoms with Crippen molar-refractivity contribution in [1.29, 1.82) is 0 Å². The highest BCUT2D eigenvalue weighted by Gasteiger charge is 2.47. The summed E-state index contributed by atoms with van der Waals surface area (Å²) in [4.78, 5) is 0. The SMILES string of the molecule is C/C(=C\CCc1cccc(O[Si](C(C)C)(C(C)C)C(C)C)c1)CCCC1(C)COC(C)(C)O1. The van der Waals surface area contributed by atoms with Gasteiger partial charge in [0.2, 0.25) is 0 Å². The Morgan fingerprint density at radius 3 is 2.24 bits per heavy atom. The van der Waals surface area contributed by atoms with Crippen LogP contribution in [-0.2, 0) is 15.9 Å². The van der Waals surface area contributed by atoms with Crippen LogP contribution in [0.2, 0.25) is 16.6 Å². The fraction of sp³-hybridized carbons (Fsp3) is 0.724. The van der Waals surface area contributed by atoms with Gasteiger partial charge in [-0.1, -0.05) is 65.3 Å². The predicted octanol–water partition coefficient (Wildman–Crippen LogP) is 8.83. The maximum atomic E-state index is 6.88. The lowest BCUT2D eigenvalue weighted by atomic mass is 9.97. The molecule has 0 spiro atoms. The van der Waals surface area contributed by atoms with Crippen LogP contribution in [0.15, 0.2) is 35.9 Å². The first-order chi connectivity index (χ1) is 15.3. The molecule has 1 saturated heterocycles. The zero-order chi connectivity index (χ0) is 24.9. The van der Waals surface area contributed by atoms with Crippen molar-refractivity contribution in [2.45, 2.75) is 129 Å². The Balaban J connectivity index is 1.89. The van der Waals surface area contributed by atoms with Crippen LogP contribution in [0.1, 0.15) is 100 Å². The molecule has 1 aromatic rings. The van der Waals surface area contributed by atoms with E-state index in [0.29, 0.717) is 23.2 Å². The second-order valence-electron chi connectivity index (χ2n) is 11.8. The van der Waals surface area contributed by atoms with Crippen LogP contribution in [0.4, 0.5) is 0 Å². The Morgan fingerprint density at radius 1 is 1.06 bits per heavy atom. The maximum Gasteiger partial charge on any atom is 0.258 e. The second-order valence-corrected chi connectivity index (χ2v) is 17.1. The summed E-state index contributed by atoms with van der Waals surface area (Å²) in [6, 6.07) is 8.82. The molecule has 1 heterocycles. The fourth-order valence-corrected chi connectivity index (χ4v) is 11.0. The van der Waals surface area contributed by atoms with Crippen molar-refractivity contribution in [2.75, 3.05) is 6.61 Å². The highest BCUT2D eigenvalue weighted by atomic mass is 28.4. The van der Waals surface area contributed by atoms with Crippen molar-refractivity contribution in [2.24, 2.45) is 0 Å². The Morgan fingerprint density at radius 2 is 1.70 bits per heavy atom. The summed E-state index contributed by atoms with van der Waals surface area (Å²) in [5.41, 5.74) is 4.44. The van der Waals surface area contributed by atoms with Crippen LogP contribution >= 0.6 is 0 Å². The minimum absolute atomic E-state index is 0.148. The minimum atomic E-state index is -1.91. The van der Waals surface area contributed by atoms with E-state index in [2.05, 4.69) is 85.7 Å². The molecule has 0 amide bonds. The minimum Gasteiger partial charge on any atom is -0.543 e. The molecule has 1 fully saturated rings. The normalized spacial score (nSPS) is 21.4. The topological polar surface area (TPSA) is 27.7 Å². The summed E-state index contributed by atoms with van der Waals surface area (Å²) >= 11 is 0. The van der Waals surface area contributed by atoms with Gasteiger partial charge in [0.05, 0.1) is 12.2 Å². The molecule has 1 aromatic carbocycles. The van der Waals surface area contributed by atoms with E-state index in [4.69, 9.17) is 13.9 Å². The molecule has 2 rings (SSSR count). The van der Waals surface area contributed by atoms with Crippen LogP contribution in [0.25, 0.3) is 0 Å². The lowest BCUT2D eigenvalue weighted by molar-refractivity contribution is -0.158. The van der Waals surface area contributed by atoms with Crippen LogP contribution in [0, 0.1) is 0 Å². The van der Waals surface area contributed by atoms with E-state index < -0.39 is 14.1 Å². The zero-order valence-electron chi connectivity index (χ0n) is 23.1. The van der Waals surface area contributed by atoms with Gasteiger partial charge < -0.3 is 13.9 Å². The molecule has 0 N–H and O–H groups in total. The third-order valence-corrected chi connectivity index (χ3v) is 13.3. The molecule has 0 bridgehead atoms. The molecule has 1 unspecified atom stereocenters. The first-order valence-electron chi connectivity index (χ1n) is 13.1. The van der Waals surface area contributed by atoms with Crippen molar-refractivity contribution < 1.29 is 13.9 Å². The van der Waals surface area contributed by atoms with E-state index >= 15 is 0 Å². The lowest BCUT2D eigenvalue weighted by Crippen LogP contribution is -2.50. The molecule has 0 aromatic heterocycles. The number of benzene rings is 1. The van der Waals surface area contributed by atoms with E-state index in [1.165, 1.54) is 11.1 Å². The van der Waals surface area contributed by atoms with Crippen molar-refractivity contribution in [3.8, 4) is 5.75 Å². The van der Waals surface area contributed by atoms with Gasteiger partial charge in [0, 0.05) is 0 Å². The van der Waals surface area contributed by atoms with Crippen molar-refractivity contribution in [3.05, 3.63) is 41.5 Å². The van der Waals surface area contributed by atoms with E-state index in [9.17, 15) is 0 Å². The molecular weight excluding hydrogens is 424 g/mol. The van der Waals surface area contributed by atoms with Gasteiger partial charge in [0.25, 0.3) is 8.32 Å². The first-order valence-corrected chi connectivity index (χ1v) is 15.2. The van der Waals surface area contributed by atoms with Gasteiger partial charge in [0.15, 0.2) is 5.79 Å². The molecule has 33 heavy (non-hydrogen) atoms. The number of rotatable bonds is 12.